The SMILES string of the molecule is COc1ccc(P2C3(C)CC4(C)OC(C)(CC2(C)O4)O3)c(C)c1. The highest BCUT2D eigenvalue weighted by molar-refractivity contribution is 7.68. The molecule has 0 aliphatic carbocycles. The predicted octanol–water partition coefficient (Wildman–Crippen LogP) is 3.85. The summed E-state index contributed by atoms with van der Waals surface area (Å²) in [5.41, 5.74) is 1.24. The first-order chi connectivity index (χ1) is 10.6. The summed E-state index contributed by atoms with van der Waals surface area (Å²) in [6.07, 6.45) is 1.53. The van der Waals surface area contributed by atoms with E-state index in [0.29, 0.717) is 0 Å². The van der Waals surface area contributed by atoms with Gasteiger partial charge in [-0.1, -0.05) is 6.07 Å². The van der Waals surface area contributed by atoms with E-state index in [4.69, 9.17) is 18.9 Å². The molecule has 126 valence electrons. The maximum atomic E-state index is 6.50. The van der Waals surface area contributed by atoms with Crippen LogP contribution >= 0.6 is 7.92 Å². The second kappa shape index (κ2) is 4.49. The van der Waals surface area contributed by atoms with Crippen LogP contribution in [-0.2, 0) is 14.2 Å². The third-order valence-corrected chi connectivity index (χ3v) is 8.57. The molecule has 0 aromatic heterocycles. The zero-order valence-electron chi connectivity index (χ0n) is 14.7. The minimum absolute atomic E-state index is 0.234. The van der Waals surface area contributed by atoms with E-state index in [1.54, 1.807) is 7.11 Å². The molecule has 0 radical (unpaired) electrons. The van der Waals surface area contributed by atoms with Crippen molar-refractivity contribution in [2.24, 2.45) is 0 Å². The minimum Gasteiger partial charge on any atom is -0.497 e. The largest absolute Gasteiger partial charge is 0.497 e. The molecule has 23 heavy (non-hydrogen) atoms. The van der Waals surface area contributed by atoms with Gasteiger partial charge in [0, 0.05) is 12.8 Å². The first-order valence-corrected chi connectivity index (χ1v) is 9.50. The Labute approximate surface area is 139 Å². The minimum atomic E-state index is -0.647. The highest BCUT2D eigenvalue weighted by atomic mass is 31.1. The van der Waals surface area contributed by atoms with Crippen LogP contribution in [0.1, 0.15) is 46.1 Å². The Morgan fingerprint density at radius 3 is 2.00 bits per heavy atom. The van der Waals surface area contributed by atoms with Gasteiger partial charge in [0.1, 0.15) is 5.75 Å². The number of aryl methyl sites for hydroxylation is 1. The van der Waals surface area contributed by atoms with Gasteiger partial charge in [-0.3, -0.25) is 0 Å². The molecule has 0 amide bonds. The Hall–Kier alpha value is -0.670. The molecule has 1 aromatic carbocycles. The monoisotopic (exact) mass is 336 g/mol. The lowest BCUT2D eigenvalue weighted by atomic mass is 9.98. The molecule has 0 spiro atoms. The van der Waals surface area contributed by atoms with Gasteiger partial charge in [-0.05, 0) is 65.5 Å². The quantitative estimate of drug-likeness (QED) is 0.769. The topological polar surface area (TPSA) is 36.9 Å². The summed E-state index contributed by atoms with van der Waals surface area (Å²) in [5, 5.41) is 0.875. The van der Waals surface area contributed by atoms with E-state index in [-0.39, 0.29) is 10.7 Å². The summed E-state index contributed by atoms with van der Waals surface area (Å²) in [7, 11) is 1.06. The third kappa shape index (κ3) is 2.19. The van der Waals surface area contributed by atoms with Crippen molar-refractivity contribution in [3.05, 3.63) is 23.8 Å². The lowest BCUT2D eigenvalue weighted by molar-refractivity contribution is -0.467. The second-order valence-electron chi connectivity index (χ2n) is 7.77. The summed E-state index contributed by atoms with van der Waals surface area (Å²) in [6, 6.07) is 6.34. The summed E-state index contributed by atoms with van der Waals surface area (Å²) in [4.78, 5) is 0. The van der Waals surface area contributed by atoms with E-state index in [0.717, 1.165) is 18.6 Å². The maximum Gasteiger partial charge on any atom is 0.173 e. The van der Waals surface area contributed by atoms with Gasteiger partial charge in [-0.25, -0.2) is 0 Å². The highest BCUT2D eigenvalue weighted by Crippen LogP contribution is 2.75. The molecule has 4 saturated heterocycles. The second-order valence-corrected chi connectivity index (χ2v) is 10.8. The summed E-state index contributed by atoms with van der Waals surface area (Å²) in [6.45, 7) is 10.7. The first kappa shape index (κ1) is 15.8. The fourth-order valence-corrected chi connectivity index (χ4v) is 9.22. The van der Waals surface area contributed by atoms with Crippen LogP contribution in [0.4, 0.5) is 0 Å². The van der Waals surface area contributed by atoms with Crippen molar-refractivity contribution in [1.82, 2.24) is 0 Å². The Morgan fingerprint density at radius 2 is 1.52 bits per heavy atom. The van der Waals surface area contributed by atoms with Gasteiger partial charge in [-0.2, -0.15) is 0 Å². The van der Waals surface area contributed by atoms with Crippen LogP contribution in [0.5, 0.6) is 5.75 Å². The molecule has 0 N–H and O–H groups in total. The molecule has 0 saturated carbocycles. The predicted molar refractivity (Wildman–Crippen MR) is 90.4 cm³/mol. The van der Waals surface area contributed by atoms with Crippen molar-refractivity contribution < 1.29 is 18.9 Å². The molecule has 1 aromatic rings. The zero-order chi connectivity index (χ0) is 16.7. The van der Waals surface area contributed by atoms with Crippen LogP contribution in [0.25, 0.3) is 0 Å². The summed E-state index contributed by atoms with van der Waals surface area (Å²) < 4.78 is 24.5. The third-order valence-electron chi connectivity index (χ3n) is 5.19. The van der Waals surface area contributed by atoms with Crippen LogP contribution in [0.3, 0.4) is 0 Å². The number of rotatable bonds is 2. The normalized spacial score (nSPS) is 47.8. The lowest BCUT2D eigenvalue weighted by Crippen LogP contribution is -2.72. The van der Waals surface area contributed by atoms with Gasteiger partial charge in [0.05, 0.1) is 17.8 Å². The van der Waals surface area contributed by atoms with E-state index in [2.05, 4.69) is 46.8 Å². The van der Waals surface area contributed by atoms with Gasteiger partial charge in [-0.15, -0.1) is 0 Å². The van der Waals surface area contributed by atoms with E-state index in [1.807, 2.05) is 6.07 Å². The molecule has 4 nitrogen and oxygen atoms in total. The molecule has 4 aliphatic heterocycles. The molecule has 5 heteroatoms. The standard InChI is InChI=1S/C18H25O4P/c1-12-9-13(19-6)7-8-14(12)23-17(4)10-15(2)20-16(3,22-17)11-18(23,5)21-15/h7-9H,10-11H2,1-6H3. The number of methoxy groups -OCH3 is 1. The molecule has 5 rings (SSSR count). The van der Waals surface area contributed by atoms with Gasteiger partial charge in [0.2, 0.25) is 0 Å². The van der Waals surface area contributed by atoms with E-state index in [1.165, 1.54) is 10.9 Å². The van der Waals surface area contributed by atoms with Crippen LogP contribution in [0, 0.1) is 6.92 Å². The van der Waals surface area contributed by atoms with Crippen molar-refractivity contribution in [1.29, 1.82) is 0 Å². The van der Waals surface area contributed by atoms with Crippen LogP contribution in [-0.4, -0.2) is 29.4 Å². The van der Waals surface area contributed by atoms with Crippen LogP contribution < -0.4 is 10.0 Å². The van der Waals surface area contributed by atoms with Crippen molar-refractivity contribution in [2.75, 3.05) is 7.11 Å². The van der Waals surface area contributed by atoms with Gasteiger partial charge in [0.25, 0.3) is 0 Å². The Morgan fingerprint density at radius 1 is 0.957 bits per heavy atom. The molecule has 4 heterocycles. The van der Waals surface area contributed by atoms with Gasteiger partial charge >= 0.3 is 0 Å². The van der Waals surface area contributed by atoms with Crippen LogP contribution in [0.2, 0.25) is 0 Å². The maximum absolute atomic E-state index is 6.50. The highest BCUT2D eigenvalue weighted by Gasteiger charge is 2.71. The molecule has 4 fully saturated rings. The number of hydrogen-bond acceptors (Lipinski definition) is 4. The first-order valence-electron chi connectivity index (χ1n) is 8.16. The average molecular weight is 336 g/mol. The Kier molecular flexibility index (Phi) is 3.09. The number of hydrogen-bond donors (Lipinski definition) is 0. The molecule has 4 atom stereocenters. The number of benzene rings is 1. The van der Waals surface area contributed by atoms with E-state index < -0.39 is 19.5 Å². The Balaban J connectivity index is 1.84. The van der Waals surface area contributed by atoms with Crippen molar-refractivity contribution in [3.8, 4) is 5.75 Å². The van der Waals surface area contributed by atoms with Crippen molar-refractivity contribution >= 4 is 13.2 Å². The average Bonchev–Trinajstić information content (AvgIpc) is 2.34. The molecular formula is C18H25O4P. The number of ether oxygens (including phenoxy) is 4. The fourth-order valence-electron chi connectivity index (χ4n) is 5.10. The zero-order valence-corrected chi connectivity index (χ0v) is 15.6. The van der Waals surface area contributed by atoms with Crippen molar-refractivity contribution in [3.63, 3.8) is 0 Å². The van der Waals surface area contributed by atoms with E-state index in [9.17, 15) is 0 Å². The fraction of sp³-hybridized carbons (Fsp3) is 0.667. The lowest BCUT2D eigenvalue weighted by Gasteiger charge is -2.69. The smallest absolute Gasteiger partial charge is 0.173 e. The molecule has 4 aliphatic rings. The van der Waals surface area contributed by atoms with Gasteiger partial charge < -0.3 is 18.9 Å². The van der Waals surface area contributed by atoms with E-state index >= 15 is 0 Å². The summed E-state index contributed by atoms with van der Waals surface area (Å²) in [5.74, 6) is -0.201. The molecule has 4 unspecified atom stereocenters. The molecule has 4 bridgehead atoms. The van der Waals surface area contributed by atoms with Crippen LogP contribution in [0.15, 0.2) is 18.2 Å². The Bertz CT molecular complexity index is 629. The van der Waals surface area contributed by atoms with Crippen molar-refractivity contribution in [2.45, 2.75) is 69.7 Å². The molecular weight excluding hydrogens is 311 g/mol. The van der Waals surface area contributed by atoms with Gasteiger partial charge in [0.15, 0.2) is 11.6 Å². The summed E-state index contributed by atoms with van der Waals surface area (Å²) >= 11 is 0.